The third-order valence-corrected chi connectivity index (χ3v) is 8.02. The third-order valence-electron chi connectivity index (χ3n) is 7.46. The summed E-state index contributed by atoms with van der Waals surface area (Å²) in [6.45, 7) is 10.1. The number of hydrogen-bond acceptors (Lipinski definition) is 5. The molecule has 0 saturated carbocycles. The molecule has 5 rings (SSSR count). The van der Waals surface area contributed by atoms with Gasteiger partial charge >= 0.3 is 6.09 Å². The minimum Gasteiger partial charge on any atom is -0.441 e. The van der Waals surface area contributed by atoms with E-state index in [1.807, 2.05) is 0 Å². The van der Waals surface area contributed by atoms with Crippen molar-refractivity contribution in [3.05, 3.63) is 75.0 Å². The topological polar surface area (TPSA) is 75.9 Å². The van der Waals surface area contributed by atoms with Gasteiger partial charge in [0, 0.05) is 43.1 Å². The highest BCUT2D eigenvalue weighted by Crippen LogP contribution is 2.37. The monoisotopic (exact) mass is 555 g/mol. The summed E-state index contributed by atoms with van der Waals surface area (Å²) in [6, 6.07) is 13.4. The largest absolute Gasteiger partial charge is 0.441 e. The van der Waals surface area contributed by atoms with Gasteiger partial charge in [-0.1, -0.05) is 73.4 Å². The Balaban J connectivity index is 1.26. The second-order valence-corrected chi connectivity index (χ2v) is 12.1. The number of benzene rings is 2. The van der Waals surface area contributed by atoms with Crippen LogP contribution in [0.1, 0.15) is 60.9 Å². The Morgan fingerprint density at radius 1 is 1.08 bits per heavy atom. The number of carbonyl (C=O) groups excluding carboxylic acids is 2. The standard InChI is InChI=1S/C29H31Cl2N3O4/c1-18-24(25(32-38-18)22-15-21(30)9-10-23(22)31)26(35)33-13-11-29(12-14-33)17-34(27(36)37-29)16-19-5-7-20(8-6-19)28(2,3)4/h5-10,15H,11-14,16-17H2,1-4H3. The molecule has 2 saturated heterocycles. The molecule has 3 heterocycles. The van der Waals surface area contributed by atoms with Gasteiger partial charge in [0.1, 0.15) is 22.6 Å². The summed E-state index contributed by atoms with van der Waals surface area (Å²) in [4.78, 5) is 29.9. The van der Waals surface area contributed by atoms with E-state index >= 15 is 0 Å². The van der Waals surface area contributed by atoms with Gasteiger partial charge in [-0.2, -0.15) is 0 Å². The number of ether oxygens (including phenoxy) is 1. The van der Waals surface area contributed by atoms with Crippen LogP contribution in [0.2, 0.25) is 10.0 Å². The summed E-state index contributed by atoms with van der Waals surface area (Å²) >= 11 is 12.5. The Labute approximate surface area is 232 Å². The average Bonchev–Trinajstić information content (AvgIpc) is 3.39. The van der Waals surface area contributed by atoms with Gasteiger partial charge in [-0.05, 0) is 41.7 Å². The van der Waals surface area contributed by atoms with Crippen LogP contribution in [0.5, 0.6) is 0 Å². The van der Waals surface area contributed by atoms with Crippen molar-refractivity contribution in [3.63, 3.8) is 0 Å². The van der Waals surface area contributed by atoms with E-state index in [1.54, 1.807) is 34.9 Å². The van der Waals surface area contributed by atoms with Crippen LogP contribution in [0.3, 0.4) is 0 Å². The molecule has 2 amide bonds. The SMILES string of the molecule is Cc1onc(-c2cc(Cl)ccc2Cl)c1C(=O)N1CCC2(CC1)CN(Cc1ccc(C(C)(C)C)cc1)C(=O)O2. The molecule has 2 aliphatic heterocycles. The molecule has 2 aromatic carbocycles. The van der Waals surface area contributed by atoms with Crippen molar-refractivity contribution < 1.29 is 18.8 Å². The molecule has 200 valence electrons. The molecular weight excluding hydrogens is 525 g/mol. The van der Waals surface area contributed by atoms with Gasteiger partial charge in [0.05, 0.1) is 11.6 Å². The fourth-order valence-electron chi connectivity index (χ4n) is 5.17. The van der Waals surface area contributed by atoms with Crippen molar-refractivity contribution >= 4 is 35.2 Å². The van der Waals surface area contributed by atoms with Crippen LogP contribution in [-0.2, 0) is 16.7 Å². The molecule has 2 aliphatic rings. The number of nitrogens with zero attached hydrogens (tertiary/aromatic N) is 3. The highest BCUT2D eigenvalue weighted by Gasteiger charge is 2.47. The maximum atomic E-state index is 13.6. The second-order valence-electron chi connectivity index (χ2n) is 11.2. The second kappa shape index (κ2) is 9.93. The van der Waals surface area contributed by atoms with Crippen LogP contribution < -0.4 is 0 Å². The number of rotatable bonds is 4. The van der Waals surface area contributed by atoms with Gasteiger partial charge in [-0.15, -0.1) is 0 Å². The number of likely N-dealkylation sites (tertiary alicyclic amines) is 1. The van der Waals surface area contributed by atoms with Crippen LogP contribution in [0.15, 0.2) is 47.0 Å². The Bertz CT molecular complexity index is 1370. The molecule has 0 unspecified atom stereocenters. The minimum atomic E-state index is -0.595. The van der Waals surface area contributed by atoms with Gasteiger partial charge in [0.2, 0.25) is 0 Å². The summed E-state index contributed by atoms with van der Waals surface area (Å²) in [5.41, 5.74) is 3.08. The molecule has 0 aliphatic carbocycles. The molecule has 0 radical (unpaired) electrons. The Kier molecular flexibility index (Phi) is 6.95. The zero-order valence-corrected chi connectivity index (χ0v) is 23.5. The number of aromatic nitrogens is 1. The van der Waals surface area contributed by atoms with Gasteiger partial charge < -0.3 is 14.2 Å². The number of halogens is 2. The Morgan fingerprint density at radius 2 is 1.76 bits per heavy atom. The van der Waals surface area contributed by atoms with E-state index < -0.39 is 5.60 Å². The lowest BCUT2D eigenvalue weighted by Gasteiger charge is -2.37. The van der Waals surface area contributed by atoms with E-state index in [9.17, 15) is 9.59 Å². The lowest BCUT2D eigenvalue weighted by Crippen LogP contribution is -2.48. The molecule has 1 spiro atoms. The Morgan fingerprint density at radius 3 is 2.42 bits per heavy atom. The van der Waals surface area contributed by atoms with Gasteiger partial charge in [-0.3, -0.25) is 9.69 Å². The number of hydrogen-bond donors (Lipinski definition) is 0. The van der Waals surface area contributed by atoms with Crippen LogP contribution in [0.25, 0.3) is 11.3 Å². The normalized spacial score (nSPS) is 17.3. The lowest BCUT2D eigenvalue weighted by atomic mass is 9.86. The van der Waals surface area contributed by atoms with E-state index in [0.717, 1.165) is 5.56 Å². The molecule has 0 atom stereocenters. The van der Waals surface area contributed by atoms with E-state index in [1.165, 1.54) is 5.56 Å². The average molecular weight is 556 g/mol. The molecule has 0 bridgehead atoms. The number of piperidine rings is 1. The maximum absolute atomic E-state index is 13.6. The number of carbonyl (C=O) groups is 2. The first kappa shape index (κ1) is 26.6. The zero-order chi connectivity index (χ0) is 27.2. The van der Waals surface area contributed by atoms with Crippen molar-refractivity contribution in [1.82, 2.24) is 15.0 Å². The lowest BCUT2D eigenvalue weighted by molar-refractivity contribution is 0.00311. The summed E-state index contributed by atoms with van der Waals surface area (Å²) in [6.07, 6.45) is 0.806. The number of amides is 2. The number of aryl methyl sites for hydroxylation is 1. The van der Waals surface area contributed by atoms with Crippen LogP contribution in [-0.4, -0.2) is 52.2 Å². The van der Waals surface area contributed by atoms with Gasteiger partial charge in [0.15, 0.2) is 0 Å². The van der Waals surface area contributed by atoms with Crippen molar-refractivity contribution in [2.24, 2.45) is 0 Å². The van der Waals surface area contributed by atoms with Gasteiger partial charge in [0.25, 0.3) is 5.91 Å². The summed E-state index contributed by atoms with van der Waals surface area (Å²) in [5, 5.41) is 5.03. The molecule has 9 heteroatoms. The predicted octanol–water partition coefficient (Wildman–Crippen LogP) is 6.88. The molecule has 3 aromatic rings. The quantitative estimate of drug-likeness (QED) is 0.350. The summed E-state index contributed by atoms with van der Waals surface area (Å²) in [5.74, 6) is 0.224. The van der Waals surface area contributed by atoms with Crippen molar-refractivity contribution in [1.29, 1.82) is 0 Å². The van der Waals surface area contributed by atoms with Crippen molar-refractivity contribution in [2.45, 2.75) is 58.1 Å². The van der Waals surface area contributed by atoms with E-state index in [0.29, 0.717) is 71.6 Å². The third kappa shape index (κ3) is 5.14. The van der Waals surface area contributed by atoms with Crippen LogP contribution in [0.4, 0.5) is 4.79 Å². The highest BCUT2D eigenvalue weighted by molar-refractivity contribution is 6.35. The summed E-state index contributed by atoms with van der Waals surface area (Å²) in [7, 11) is 0. The van der Waals surface area contributed by atoms with Crippen LogP contribution in [0, 0.1) is 6.92 Å². The van der Waals surface area contributed by atoms with Crippen molar-refractivity contribution in [3.8, 4) is 11.3 Å². The molecule has 38 heavy (non-hydrogen) atoms. The first-order valence-corrected chi connectivity index (χ1v) is 13.5. The van der Waals surface area contributed by atoms with Crippen LogP contribution >= 0.6 is 23.2 Å². The smallest absolute Gasteiger partial charge is 0.410 e. The van der Waals surface area contributed by atoms with E-state index in [2.05, 4.69) is 50.2 Å². The summed E-state index contributed by atoms with van der Waals surface area (Å²) < 4.78 is 11.3. The molecule has 0 N–H and O–H groups in total. The first-order chi connectivity index (χ1) is 18.0. The molecule has 2 fully saturated rings. The maximum Gasteiger partial charge on any atom is 0.410 e. The fourth-order valence-corrected chi connectivity index (χ4v) is 5.55. The molecule has 1 aromatic heterocycles. The Hall–Kier alpha value is -3.03. The molecule has 7 nitrogen and oxygen atoms in total. The zero-order valence-electron chi connectivity index (χ0n) is 22.0. The highest BCUT2D eigenvalue weighted by atomic mass is 35.5. The minimum absolute atomic E-state index is 0.0762. The van der Waals surface area contributed by atoms with E-state index in [4.69, 9.17) is 32.5 Å². The van der Waals surface area contributed by atoms with Crippen molar-refractivity contribution in [2.75, 3.05) is 19.6 Å². The fraction of sp³-hybridized carbons (Fsp3) is 0.414. The first-order valence-electron chi connectivity index (χ1n) is 12.7. The van der Waals surface area contributed by atoms with E-state index in [-0.39, 0.29) is 17.4 Å². The predicted molar refractivity (Wildman–Crippen MR) is 147 cm³/mol. The van der Waals surface area contributed by atoms with Gasteiger partial charge in [-0.25, -0.2) is 4.79 Å². The molecular formula is C29H31Cl2N3O4.